The van der Waals surface area contributed by atoms with Crippen LogP contribution in [0.15, 0.2) is 65.6 Å². The van der Waals surface area contributed by atoms with Crippen LogP contribution in [0, 0.1) is 5.82 Å². The minimum absolute atomic E-state index is 0.0558. The SMILES string of the molecule is COC(=O)c1cc(Cc2ccccc2)sc1NC(=S)N1CCN(S(=O)(=O)c2ccc(F)cc2)CC1. The molecule has 0 unspecified atom stereocenters. The van der Waals surface area contributed by atoms with Gasteiger partial charge in [-0.15, -0.1) is 11.3 Å². The molecule has 0 spiro atoms. The molecule has 35 heavy (non-hydrogen) atoms. The van der Waals surface area contributed by atoms with Crippen molar-refractivity contribution in [3.63, 3.8) is 0 Å². The standard InChI is InChI=1S/C24H24FN3O4S3/c1-32-23(29)21-16-19(15-17-5-3-2-4-6-17)34-22(21)26-24(33)27-11-13-28(14-12-27)35(30,31)20-9-7-18(25)8-10-20/h2-10,16H,11-15H2,1H3,(H,26,33). The van der Waals surface area contributed by atoms with E-state index < -0.39 is 21.8 Å². The molecule has 2 aromatic carbocycles. The lowest BCUT2D eigenvalue weighted by Crippen LogP contribution is -2.51. The number of halogens is 1. The van der Waals surface area contributed by atoms with Gasteiger partial charge in [-0.2, -0.15) is 4.31 Å². The number of nitrogens with zero attached hydrogens (tertiary/aromatic N) is 2. The van der Waals surface area contributed by atoms with Crippen LogP contribution in [0.25, 0.3) is 0 Å². The van der Waals surface area contributed by atoms with Crippen molar-refractivity contribution in [2.45, 2.75) is 11.3 Å². The van der Waals surface area contributed by atoms with E-state index >= 15 is 0 Å². The summed E-state index contributed by atoms with van der Waals surface area (Å²) in [7, 11) is -2.38. The second-order valence-corrected chi connectivity index (χ2v) is 11.3. The van der Waals surface area contributed by atoms with Gasteiger partial charge in [0.15, 0.2) is 5.11 Å². The average Bonchev–Trinajstić information content (AvgIpc) is 3.26. The Morgan fingerprint density at radius 1 is 1.09 bits per heavy atom. The third-order valence-corrected chi connectivity index (χ3v) is 8.93. The molecule has 184 valence electrons. The van der Waals surface area contributed by atoms with Crippen LogP contribution >= 0.6 is 23.6 Å². The number of rotatable bonds is 6. The van der Waals surface area contributed by atoms with Gasteiger partial charge >= 0.3 is 5.97 Å². The number of esters is 1. The first-order valence-corrected chi connectivity index (χ1v) is 13.5. The molecule has 1 N–H and O–H groups in total. The molecule has 1 aliphatic rings. The highest BCUT2D eigenvalue weighted by Crippen LogP contribution is 2.31. The first-order chi connectivity index (χ1) is 16.8. The van der Waals surface area contributed by atoms with E-state index in [0.29, 0.717) is 35.2 Å². The Bertz CT molecular complexity index is 1300. The van der Waals surface area contributed by atoms with Crippen LogP contribution in [0.1, 0.15) is 20.8 Å². The average molecular weight is 534 g/mol. The van der Waals surface area contributed by atoms with Gasteiger partial charge in [-0.3, -0.25) is 0 Å². The molecule has 4 rings (SSSR count). The molecule has 1 fully saturated rings. The minimum Gasteiger partial charge on any atom is -0.465 e. The van der Waals surface area contributed by atoms with Crippen LogP contribution in [0.4, 0.5) is 9.39 Å². The molecule has 1 aromatic heterocycles. The fourth-order valence-corrected chi connectivity index (χ4v) is 6.59. The molecule has 11 heteroatoms. The number of ether oxygens (including phenoxy) is 1. The topological polar surface area (TPSA) is 79.0 Å². The molecule has 7 nitrogen and oxygen atoms in total. The number of carbonyl (C=O) groups excluding carboxylic acids is 1. The summed E-state index contributed by atoms with van der Waals surface area (Å²) in [4.78, 5) is 15.3. The summed E-state index contributed by atoms with van der Waals surface area (Å²) in [5.74, 6) is -0.946. The lowest BCUT2D eigenvalue weighted by Gasteiger charge is -2.35. The van der Waals surface area contributed by atoms with Gasteiger partial charge in [-0.25, -0.2) is 17.6 Å². The smallest absolute Gasteiger partial charge is 0.340 e. The summed E-state index contributed by atoms with van der Waals surface area (Å²) in [5, 5.41) is 4.16. The second kappa shape index (κ2) is 10.8. The molecule has 2 heterocycles. The van der Waals surface area contributed by atoms with Gasteiger partial charge in [-0.05, 0) is 48.1 Å². The summed E-state index contributed by atoms with van der Waals surface area (Å²) in [6.45, 7) is 1.22. The monoisotopic (exact) mass is 533 g/mol. The van der Waals surface area contributed by atoms with E-state index in [1.807, 2.05) is 41.3 Å². The number of benzene rings is 2. The maximum absolute atomic E-state index is 13.2. The molecular formula is C24H24FN3O4S3. The number of anilines is 1. The highest BCUT2D eigenvalue weighted by atomic mass is 32.2. The zero-order valence-electron chi connectivity index (χ0n) is 18.9. The van der Waals surface area contributed by atoms with Gasteiger partial charge in [0.25, 0.3) is 0 Å². The normalized spacial score (nSPS) is 14.5. The fraction of sp³-hybridized carbons (Fsp3) is 0.250. The Balaban J connectivity index is 1.42. The van der Waals surface area contributed by atoms with Crippen LogP contribution < -0.4 is 5.32 Å². The summed E-state index contributed by atoms with van der Waals surface area (Å²) < 4.78 is 45.2. The Hall–Kier alpha value is -2.86. The van der Waals surface area contributed by atoms with Crippen molar-refractivity contribution in [1.82, 2.24) is 9.21 Å². The van der Waals surface area contributed by atoms with E-state index in [4.69, 9.17) is 17.0 Å². The van der Waals surface area contributed by atoms with Crippen LogP contribution in [0.3, 0.4) is 0 Å². The van der Waals surface area contributed by atoms with Crippen LogP contribution in [-0.4, -0.2) is 62.0 Å². The third-order valence-electron chi connectivity index (χ3n) is 5.61. The molecule has 0 bridgehead atoms. The van der Waals surface area contributed by atoms with Crippen molar-refractivity contribution >= 4 is 49.7 Å². The van der Waals surface area contributed by atoms with E-state index in [1.54, 1.807) is 0 Å². The Labute approximate surface area is 213 Å². The fourth-order valence-electron chi connectivity index (χ4n) is 3.74. The third kappa shape index (κ3) is 5.87. The molecule has 0 aliphatic carbocycles. The minimum atomic E-state index is -3.72. The Kier molecular flexibility index (Phi) is 7.80. The molecule has 0 saturated carbocycles. The number of hydrogen-bond acceptors (Lipinski definition) is 6. The highest BCUT2D eigenvalue weighted by molar-refractivity contribution is 7.89. The Morgan fingerprint density at radius 3 is 2.37 bits per heavy atom. The maximum Gasteiger partial charge on any atom is 0.340 e. The number of piperazine rings is 1. The van der Waals surface area contributed by atoms with E-state index in [2.05, 4.69) is 5.32 Å². The predicted octanol–water partition coefficient (Wildman–Crippen LogP) is 3.97. The molecule has 0 atom stereocenters. The predicted molar refractivity (Wildman–Crippen MR) is 138 cm³/mol. The van der Waals surface area contributed by atoms with Gasteiger partial charge < -0.3 is 15.0 Å². The van der Waals surface area contributed by atoms with Gasteiger partial charge in [-0.1, -0.05) is 30.3 Å². The number of nitrogens with one attached hydrogen (secondary N) is 1. The molecule has 0 amide bonds. The first-order valence-electron chi connectivity index (χ1n) is 10.8. The largest absolute Gasteiger partial charge is 0.465 e. The van der Waals surface area contributed by atoms with Gasteiger partial charge in [0.2, 0.25) is 10.0 Å². The number of sulfonamides is 1. The summed E-state index contributed by atoms with van der Waals surface area (Å²) >= 11 is 7.01. The summed E-state index contributed by atoms with van der Waals surface area (Å²) in [6.07, 6.45) is 0.670. The lowest BCUT2D eigenvalue weighted by molar-refractivity contribution is 0.0602. The van der Waals surface area contributed by atoms with Crippen molar-refractivity contribution in [2.24, 2.45) is 0 Å². The van der Waals surface area contributed by atoms with Crippen molar-refractivity contribution in [1.29, 1.82) is 0 Å². The highest BCUT2D eigenvalue weighted by Gasteiger charge is 2.30. The van der Waals surface area contributed by atoms with Crippen molar-refractivity contribution in [3.05, 3.63) is 82.5 Å². The van der Waals surface area contributed by atoms with E-state index in [9.17, 15) is 17.6 Å². The van der Waals surface area contributed by atoms with Crippen LogP contribution in [0.2, 0.25) is 0 Å². The zero-order valence-corrected chi connectivity index (χ0v) is 21.4. The molecular weight excluding hydrogens is 509 g/mol. The summed E-state index contributed by atoms with van der Waals surface area (Å²) in [6, 6.07) is 16.5. The first kappa shape index (κ1) is 25.2. The van der Waals surface area contributed by atoms with Gasteiger partial charge in [0, 0.05) is 37.5 Å². The number of methoxy groups -OCH3 is 1. The van der Waals surface area contributed by atoms with Crippen molar-refractivity contribution < 1.29 is 22.3 Å². The lowest BCUT2D eigenvalue weighted by atomic mass is 10.1. The number of thiocarbonyl (C=S) groups is 1. The number of hydrogen-bond donors (Lipinski definition) is 1. The van der Waals surface area contributed by atoms with Crippen molar-refractivity contribution in [2.75, 3.05) is 38.6 Å². The second-order valence-electron chi connectivity index (χ2n) is 7.88. The van der Waals surface area contributed by atoms with E-state index in [-0.39, 0.29) is 18.0 Å². The number of thiophene rings is 1. The molecule has 1 saturated heterocycles. The van der Waals surface area contributed by atoms with Crippen LogP contribution in [0.5, 0.6) is 0 Å². The quantitative estimate of drug-likeness (QED) is 0.380. The molecule has 3 aromatic rings. The molecule has 0 radical (unpaired) electrons. The van der Waals surface area contributed by atoms with Gasteiger partial charge in [0.1, 0.15) is 10.8 Å². The molecule has 1 aliphatic heterocycles. The van der Waals surface area contributed by atoms with Gasteiger partial charge in [0.05, 0.1) is 17.6 Å². The van der Waals surface area contributed by atoms with E-state index in [0.717, 1.165) is 22.6 Å². The van der Waals surface area contributed by atoms with Crippen molar-refractivity contribution in [3.8, 4) is 0 Å². The summed E-state index contributed by atoms with van der Waals surface area (Å²) in [5.41, 5.74) is 1.53. The number of carbonyl (C=O) groups is 1. The maximum atomic E-state index is 13.2. The Morgan fingerprint density at radius 2 is 1.74 bits per heavy atom. The van der Waals surface area contributed by atoms with E-state index in [1.165, 1.54) is 34.9 Å². The zero-order chi connectivity index (χ0) is 25.0. The van der Waals surface area contributed by atoms with Crippen LogP contribution in [-0.2, 0) is 21.2 Å².